The van der Waals surface area contributed by atoms with Gasteiger partial charge in [-0.1, -0.05) is 42.5 Å². The topological polar surface area (TPSA) is 32.8 Å². The molecule has 0 aliphatic carbocycles. The maximum absolute atomic E-state index is 12.9. The summed E-state index contributed by atoms with van der Waals surface area (Å²) in [6.07, 6.45) is 1.37. The first-order chi connectivity index (χ1) is 12.1. The third-order valence-corrected chi connectivity index (χ3v) is 4.50. The maximum Gasteiger partial charge on any atom is 0.227 e. The van der Waals surface area contributed by atoms with Crippen molar-refractivity contribution in [2.75, 3.05) is 33.8 Å². The van der Waals surface area contributed by atoms with E-state index in [1.54, 1.807) is 0 Å². The van der Waals surface area contributed by atoms with Crippen LogP contribution in [0.4, 0.5) is 0 Å². The summed E-state index contributed by atoms with van der Waals surface area (Å²) in [6, 6.07) is 16.3. The number of fused-ring (bicyclic) bond motifs is 1. The van der Waals surface area contributed by atoms with Crippen molar-refractivity contribution in [3.8, 4) is 5.75 Å². The summed E-state index contributed by atoms with van der Waals surface area (Å²) in [6.45, 7) is 2.99. The van der Waals surface area contributed by atoms with Gasteiger partial charge in [0.25, 0.3) is 0 Å². The van der Waals surface area contributed by atoms with Crippen LogP contribution in [0.15, 0.2) is 48.5 Å². The molecule has 25 heavy (non-hydrogen) atoms. The zero-order valence-electron chi connectivity index (χ0n) is 15.1. The average molecular weight is 338 g/mol. The van der Waals surface area contributed by atoms with Crippen molar-refractivity contribution < 1.29 is 9.53 Å². The predicted octanol–water partition coefficient (Wildman–Crippen LogP) is 2.75. The fraction of sp³-hybridized carbons (Fsp3) is 0.381. The number of rotatable bonds is 7. The van der Waals surface area contributed by atoms with Crippen LogP contribution in [0.1, 0.15) is 16.7 Å². The average Bonchev–Trinajstić information content (AvgIpc) is 3.07. The van der Waals surface area contributed by atoms with Gasteiger partial charge in [0.1, 0.15) is 5.75 Å². The van der Waals surface area contributed by atoms with Crippen molar-refractivity contribution in [1.29, 1.82) is 0 Å². The minimum absolute atomic E-state index is 0.171. The molecule has 3 rings (SSSR count). The highest BCUT2D eigenvalue weighted by Gasteiger charge is 2.17. The van der Waals surface area contributed by atoms with Crippen molar-refractivity contribution in [3.63, 3.8) is 0 Å². The monoisotopic (exact) mass is 338 g/mol. The molecule has 1 aliphatic heterocycles. The molecule has 0 spiro atoms. The van der Waals surface area contributed by atoms with Crippen LogP contribution in [-0.2, 0) is 24.2 Å². The third kappa shape index (κ3) is 4.83. The Bertz CT molecular complexity index is 713. The molecular weight excluding hydrogens is 312 g/mol. The molecule has 0 fully saturated rings. The first kappa shape index (κ1) is 17.5. The highest BCUT2D eigenvalue weighted by atomic mass is 16.5. The zero-order valence-corrected chi connectivity index (χ0v) is 15.1. The van der Waals surface area contributed by atoms with Crippen LogP contribution in [0.3, 0.4) is 0 Å². The van der Waals surface area contributed by atoms with E-state index in [4.69, 9.17) is 4.74 Å². The molecule has 0 aromatic heterocycles. The molecule has 2 aromatic carbocycles. The number of benzene rings is 2. The van der Waals surface area contributed by atoms with E-state index >= 15 is 0 Å². The Hall–Kier alpha value is -2.33. The van der Waals surface area contributed by atoms with Gasteiger partial charge in [-0.2, -0.15) is 0 Å². The smallest absolute Gasteiger partial charge is 0.227 e. The van der Waals surface area contributed by atoms with Gasteiger partial charge in [-0.3, -0.25) is 4.79 Å². The van der Waals surface area contributed by atoms with Gasteiger partial charge in [0, 0.05) is 26.1 Å². The number of hydrogen-bond acceptors (Lipinski definition) is 3. The molecule has 1 heterocycles. The fourth-order valence-electron chi connectivity index (χ4n) is 3.05. The fourth-order valence-corrected chi connectivity index (χ4v) is 3.05. The summed E-state index contributed by atoms with van der Waals surface area (Å²) in [5.41, 5.74) is 3.45. The van der Waals surface area contributed by atoms with Crippen molar-refractivity contribution >= 4 is 5.91 Å². The molecular formula is C21H26N2O2. The Morgan fingerprint density at radius 1 is 1.04 bits per heavy atom. The minimum atomic E-state index is 0.171. The SMILES string of the molecule is CN(C)CCN(Cc1ccccc1)C(=O)Cc1ccc2c(c1)CCO2. The normalized spacial score (nSPS) is 12.8. The Morgan fingerprint density at radius 3 is 2.60 bits per heavy atom. The standard InChI is InChI=1S/C21H26N2O2/c1-22(2)11-12-23(16-17-6-4-3-5-7-17)21(24)15-18-8-9-20-19(14-18)10-13-25-20/h3-9,14H,10-13,15-16H2,1-2H3. The van der Waals surface area contributed by atoms with E-state index in [1.165, 1.54) is 5.56 Å². The van der Waals surface area contributed by atoms with E-state index < -0.39 is 0 Å². The number of ether oxygens (including phenoxy) is 1. The molecule has 0 atom stereocenters. The highest BCUT2D eigenvalue weighted by Crippen LogP contribution is 2.26. The molecule has 0 bridgehead atoms. The summed E-state index contributed by atoms with van der Waals surface area (Å²) in [5, 5.41) is 0. The molecule has 1 amide bonds. The largest absolute Gasteiger partial charge is 0.493 e. The first-order valence-electron chi connectivity index (χ1n) is 8.83. The summed E-state index contributed by atoms with van der Waals surface area (Å²) in [4.78, 5) is 17.0. The Balaban J connectivity index is 1.69. The van der Waals surface area contributed by atoms with Gasteiger partial charge < -0.3 is 14.5 Å². The summed E-state index contributed by atoms with van der Waals surface area (Å²) < 4.78 is 5.55. The van der Waals surface area contributed by atoms with E-state index in [0.717, 1.165) is 43.0 Å². The van der Waals surface area contributed by atoms with E-state index in [-0.39, 0.29) is 5.91 Å². The van der Waals surface area contributed by atoms with E-state index in [2.05, 4.69) is 23.1 Å². The number of carbonyl (C=O) groups excluding carboxylic acids is 1. The summed E-state index contributed by atoms with van der Waals surface area (Å²) in [5.74, 6) is 1.13. The molecule has 132 valence electrons. The van der Waals surface area contributed by atoms with Gasteiger partial charge >= 0.3 is 0 Å². The van der Waals surface area contributed by atoms with Crippen molar-refractivity contribution in [3.05, 3.63) is 65.2 Å². The van der Waals surface area contributed by atoms with Gasteiger partial charge in [0.2, 0.25) is 5.91 Å². The Kier molecular flexibility index (Phi) is 5.71. The molecule has 0 radical (unpaired) electrons. The number of likely N-dealkylation sites (N-methyl/N-ethyl adjacent to an activating group) is 1. The lowest BCUT2D eigenvalue weighted by molar-refractivity contribution is -0.131. The van der Waals surface area contributed by atoms with Crippen LogP contribution in [0.2, 0.25) is 0 Å². The van der Waals surface area contributed by atoms with E-state index in [0.29, 0.717) is 13.0 Å². The van der Waals surface area contributed by atoms with Crippen molar-refractivity contribution in [2.24, 2.45) is 0 Å². The highest BCUT2D eigenvalue weighted by molar-refractivity contribution is 5.79. The maximum atomic E-state index is 12.9. The summed E-state index contributed by atoms with van der Waals surface area (Å²) in [7, 11) is 4.07. The first-order valence-corrected chi connectivity index (χ1v) is 8.83. The van der Waals surface area contributed by atoms with Crippen LogP contribution in [0.5, 0.6) is 5.75 Å². The predicted molar refractivity (Wildman–Crippen MR) is 99.8 cm³/mol. The van der Waals surface area contributed by atoms with Gasteiger partial charge in [0.15, 0.2) is 0 Å². The number of carbonyl (C=O) groups is 1. The quantitative estimate of drug-likeness (QED) is 0.778. The second-order valence-corrected chi connectivity index (χ2v) is 6.82. The van der Waals surface area contributed by atoms with Gasteiger partial charge in [-0.25, -0.2) is 0 Å². The number of nitrogens with zero attached hydrogens (tertiary/aromatic N) is 2. The Labute approximate surface area is 150 Å². The van der Waals surface area contributed by atoms with Gasteiger partial charge in [0.05, 0.1) is 13.0 Å². The van der Waals surface area contributed by atoms with Crippen LogP contribution >= 0.6 is 0 Å². The van der Waals surface area contributed by atoms with Crippen LogP contribution in [0, 0.1) is 0 Å². The second-order valence-electron chi connectivity index (χ2n) is 6.82. The third-order valence-electron chi connectivity index (χ3n) is 4.50. The molecule has 1 aliphatic rings. The van der Waals surface area contributed by atoms with Crippen LogP contribution in [0.25, 0.3) is 0 Å². The van der Waals surface area contributed by atoms with E-state index in [1.807, 2.05) is 49.3 Å². The second kappa shape index (κ2) is 8.17. The Morgan fingerprint density at radius 2 is 1.84 bits per heavy atom. The van der Waals surface area contributed by atoms with Crippen LogP contribution in [-0.4, -0.2) is 49.5 Å². The lowest BCUT2D eigenvalue weighted by Crippen LogP contribution is -2.37. The number of amides is 1. The van der Waals surface area contributed by atoms with Crippen molar-refractivity contribution in [1.82, 2.24) is 9.80 Å². The molecule has 2 aromatic rings. The van der Waals surface area contributed by atoms with Gasteiger partial charge in [-0.05, 0) is 36.9 Å². The summed E-state index contributed by atoms with van der Waals surface area (Å²) >= 11 is 0. The van der Waals surface area contributed by atoms with Gasteiger partial charge in [-0.15, -0.1) is 0 Å². The molecule has 0 unspecified atom stereocenters. The molecule has 4 nitrogen and oxygen atoms in total. The molecule has 0 saturated carbocycles. The molecule has 4 heteroatoms. The zero-order chi connectivity index (χ0) is 17.6. The minimum Gasteiger partial charge on any atom is -0.493 e. The van der Waals surface area contributed by atoms with E-state index in [9.17, 15) is 4.79 Å². The number of hydrogen-bond donors (Lipinski definition) is 0. The molecule has 0 saturated heterocycles. The lowest BCUT2D eigenvalue weighted by Gasteiger charge is -2.25. The lowest BCUT2D eigenvalue weighted by atomic mass is 10.1. The molecule has 0 N–H and O–H groups in total. The van der Waals surface area contributed by atoms with Crippen LogP contribution < -0.4 is 4.74 Å². The van der Waals surface area contributed by atoms with Crippen molar-refractivity contribution in [2.45, 2.75) is 19.4 Å².